The minimum atomic E-state index is -0.0908. The van der Waals surface area contributed by atoms with E-state index in [-0.39, 0.29) is 5.41 Å². The third-order valence-electron chi connectivity index (χ3n) is 6.11. The highest BCUT2D eigenvalue weighted by Crippen LogP contribution is 2.25. The largest absolute Gasteiger partial charge is 0.352 e. The molecule has 0 aromatic carbocycles. The summed E-state index contributed by atoms with van der Waals surface area (Å²) in [5.74, 6) is 1.89. The molecule has 0 aliphatic carbocycles. The molecular weight excluding hydrogens is 364 g/mol. The lowest BCUT2D eigenvalue weighted by molar-refractivity contribution is 0.194. The second-order valence-corrected chi connectivity index (χ2v) is 9.52. The Kier molecular flexibility index (Phi) is 4.34. The lowest BCUT2D eigenvalue weighted by Crippen LogP contribution is -2.58. The summed E-state index contributed by atoms with van der Waals surface area (Å²) in [5, 5.41) is 18.2. The maximum Gasteiger partial charge on any atom is 0.178 e. The summed E-state index contributed by atoms with van der Waals surface area (Å²) in [4.78, 5) is 4.74. The van der Waals surface area contributed by atoms with Gasteiger partial charge < -0.3 is 4.90 Å². The Morgan fingerprint density at radius 3 is 2.69 bits per heavy atom. The predicted molar refractivity (Wildman–Crippen MR) is 112 cm³/mol. The number of hydrogen-bond donors (Lipinski definition) is 0. The summed E-state index contributed by atoms with van der Waals surface area (Å²) in [5.41, 5.74) is 3.31. The zero-order chi connectivity index (χ0) is 20.2. The van der Waals surface area contributed by atoms with Crippen LogP contribution < -0.4 is 4.90 Å². The Morgan fingerprint density at radius 2 is 1.93 bits per heavy atom. The second kappa shape index (κ2) is 6.79. The summed E-state index contributed by atoms with van der Waals surface area (Å²) < 4.78 is 4.09. The fraction of sp³-hybridized carbons (Fsp3) is 0.619. The third kappa shape index (κ3) is 3.39. The molecule has 3 aromatic heterocycles. The van der Waals surface area contributed by atoms with E-state index in [1.807, 2.05) is 10.6 Å². The smallest absolute Gasteiger partial charge is 0.178 e. The Morgan fingerprint density at radius 1 is 1.10 bits per heavy atom. The molecule has 0 N–H and O–H groups in total. The highest BCUT2D eigenvalue weighted by atomic mass is 15.4. The van der Waals surface area contributed by atoms with Crippen LogP contribution in [0, 0.1) is 0 Å². The van der Waals surface area contributed by atoms with Gasteiger partial charge in [-0.1, -0.05) is 20.8 Å². The lowest BCUT2D eigenvalue weighted by Gasteiger charge is -2.44. The molecule has 8 nitrogen and oxygen atoms in total. The topological polar surface area (TPSA) is 67.4 Å². The molecule has 0 radical (unpaired) electrons. The molecule has 0 spiro atoms. The number of rotatable bonds is 4. The first-order chi connectivity index (χ1) is 13.9. The highest BCUT2D eigenvalue weighted by Gasteiger charge is 2.32. The molecule has 0 amide bonds. The molecule has 3 aromatic rings. The van der Waals surface area contributed by atoms with Crippen LogP contribution in [-0.4, -0.2) is 60.7 Å². The normalized spacial score (nSPS) is 17.8. The molecule has 0 saturated carbocycles. The average molecular weight is 395 g/mol. The van der Waals surface area contributed by atoms with Crippen LogP contribution in [0.25, 0.3) is 5.65 Å². The zero-order valence-corrected chi connectivity index (χ0v) is 17.8. The van der Waals surface area contributed by atoms with Gasteiger partial charge in [-0.05, 0) is 44.5 Å². The van der Waals surface area contributed by atoms with E-state index in [1.54, 1.807) is 0 Å². The number of anilines is 1. The lowest BCUT2D eigenvalue weighted by atomic mass is 9.96. The van der Waals surface area contributed by atoms with Gasteiger partial charge in [0.1, 0.15) is 5.82 Å². The molecule has 1 fully saturated rings. The molecule has 5 heterocycles. The van der Waals surface area contributed by atoms with Gasteiger partial charge in [0.05, 0.1) is 5.69 Å². The van der Waals surface area contributed by atoms with Crippen molar-refractivity contribution >= 4 is 11.5 Å². The highest BCUT2D eigenvalue weighted by molar-refractivity contribution is 5.48. The van der Waals surface area contributed by atoms with Crippen LogP contribution >= 0.6 is 0 Å². The van der Waals surface area contributed by atoms with Gasteiger partial charge in [-0.2, -0.15) is 9.61 Å². The van der Waals surface area contributed by atoms with E-state index in [0.29, 0.717) is 6.04 Å². The number of aryl methyl sites for hydroxylation is 2. The Bertz CT molecular complexity index is 998. The van der Waals surface area contributed by atoms with Crippen LogP contribution in [0.1, 0.15) is 50.8 Å². The van der Waals surface area contributed by atoms with Crippen LogP contribution in [0.5, 0.6) is 0 Å². The van der Waals surface area contributed by atoms with Gasteiger partial charge in [-0.15, -0.1) is 15.3 Å². The molecule has 5 rings (SSSR count). The second-order valence-electron chi connectivity index (χ2n) is 9.52. The van der Waals surface area contributed by atoms with Crippen LogP contribution in [0.4, 0.5) is 5.82 Å². The van der Waals surface area contributed by atoms with Gasteiger partial charge in [0, 0.05) is 43.3 Å². The summed E-state index contributed by atoms with van der Waals surface area (Å²) >= 11 is 0. The first-order valence-electron chi connectivity index (χ1n) is 10.6. The number of fused-ring (bicyclic) bond motifs is 2. The molecule has 0 bridgehead atoms. The molecule has 0 atom stereocenters. The van der Waals surface area contributed by atoms with Crippen LogP contribution in [-0.2, 0) is 24.9 Å². The van der Waals surface area contributed by atoms with E-state index in [2.05, 4.69) is 64.6 Å². The van der Waals surface area contributed by atoms with Crippen molar-refractivity contribution in [3.05, 3.63) is 35.4 Å². The van der Waals surface area contributed by atoms with Gasteiger partial charge in [-0.25, -0.2) is 0 Å². The van der Waals surface area contributed by atoms with E-state index >= 15 is 0 Å². The first-order valence-corrected chi connectivity index (χ1v) is 10.6. The summed E-state index contributed by atoms with van der Waals surface area (Å²) in [6, 6.07) is 6.88. The monoisotopic (exact) mass is 394 g/mol. The fourth-order valence-corrected chi connectivity index (χ4v) is 4.28. The van der Waals surface area contributed by atoms with Crippen molar-refractivity contribution in [3.63, 3.8) is 0 Å². The quantitative estimate of drug-likeness (QED) is 0.676. The number of likely N-dealkylation sites (N-methyl/N-ethyl adjacent to an activating group) is 1. The van der Waals surface area contributed by atoms with Crippen molar-refractivity contribution in [2.45, 2.75) is 64.6 Å². The van der Waals surface area contributed by atoms with Gasteiger partial charge >= 0.3 is 0 Å². The number of aromatic nitrogens is 6. The molecule has 8 heteroatoms. The van der Waals surface area contributed by atoms with Crippen LogP contribution in [0.15, 0.2) is 18.2 Å². The molecule has 29 heavy (non-hydrogen) atoms. The molecule has 2 aliphatic heterocycles. The van der Waals surface area contributed by atoms with Crippen molar-refractivity contribution in [1.82, 2.24) is 34.5 Å². The molecule has 154 valence electrons. The van der Waals surface area contributed by atoms with Gasteiger partial charge in [0.15, 0.2) is 11.5 Å². The first kappa shape index (κ1) is 18.5. The Balaban J connectivity index is 1.25. The Hall–Kier alpha value is -2.48. The van der Waals surface area contributed by atoms with Crippen LogP contribution in [0.3, 0.4) is 0 Å². The minimum Gasteiger partial charge on any atom is -0.352 e. The molecule has 0 unspecified atom stereocenters. The number of hydrogen-bond acceptors (Lipinski definition) is 6. The zero-order valence-electron chi connectivity index (χ0n) is 17.8. The van der Waals surface area contributed by atoms with Gasteiger partial charge in [-0.3, -0.25) is 9.58 Å². The van der Waals surface area contributed by atoms with E-state index in [1.165, 1.54) is 30.7 Å². The minimum absolute atomic E-state index is 0.0908. The van der Waals surface area contributed by atoms with Crippen LogP contribution in [0.2, 0.25) is 0 Å². The van der Waals surface area contributed by atoms with E-state index < -0.39 is 0 Å². The predicted octanol–water partition coefficient (Wildman–Crippen LogP) is 2.28. The average Bonchev–Trinajstić information content (AvgIpc) is 3.22. The van der Waals surface area contributed by atoms with Gasteiger partial charge in [0.2, 0.25) is 0 Å². The maximum atomic E-state index is 4.83. The van der Waals surface area contributed by atoms with E-state index in [9.17, 15) is 0 Å². The maximum absolute atomic E-state index is 4.83. The third-order valence-corrected chi connectivity index (χ3v) is 6.11. The van der Waals surface area contributed by atoms with E-state index in [4.69, 9.17) is 10.2 Å². The van der Waals surface area contributed by atoms with E-state index in [0.717, 1.165) is 43.5 Å². The summed E-state index contributed by atoms with van der Waals surface area (Å²) in [7, 11) is 2.20. The molecule has 2 aliphatic rings. The SMILES string of the molecule is CN(Cc1cc2n(n1)CCCC2)C1CN(c2ccc3nnc(C(C)(C)C)n3n2)C1. The van der Waals surface area contributed by atoms with Crippen molar-refractivity contribution in [1.29, 1.82) is 0 Å². The van der Waals surface area contributed by atoms with Crippen molar-refractivity contribution in [2.75, 3.05) is 25.0 Å². The number of nitrogens with zero attached hydrogens (tertiary/aromatic N) is 8. The molecule has 1 saturated heterocycles. The molecular formula is C21H30N8. The summed E-state index contributed by atoms with van der Waals surface area (Å²) in [6.07, 6.45) is 3.71. The van der Waals surface area contributed by atoms with Gasteiger partial charge in [0.25, 0.3) is 0 Å². The summed E-state index contributed by atoms with van der Waals surface area (Å²) in [6.45, 7) is 10.4. The van der Waals surface area contributed by atoms with Crippen molar-refractivity contribution < 1.29 is 0 Å². The van der Waals surface area contributed by atoms with Crippen molar-refractivity contribution in [2.24, 2.45) is 0 Å². The Labute approximate surface area is 171 Å². The standard InChI is InChI=1S/C21H30N8/c1-21(2,3)20-23-22-18-8-9-19(25-29(18)20)27-13-17(14-27)26(4)12-15-11-16-7-5-6-10-28(16)24-15/h8-9,11,17H,5-7,10,12-14H2,1-4H3. The van der Waals surface area contributed by atoms with Crippen molar-refractivity contribution in [3.8, 4) is 0 Å². The fourth-order valence-electron chi connectivity index (χ4n) is 4.28.